The summed E-state index contributed by atoms with van der Waals surface area (Å²) in [7, 11) is 0. The number of carbonyl (C=O) groups is 2. The lowest BCUT2D eigenvalue weighted by atomic mass is 9.74. The topological polar surface area (TPSA) is 57.6 Å². The number of allylic oxidation sites excluding steroid dienone is 1. The second-order valence-corrected chi connectivity index (χ2v) is 6.23. The molecule has 1 aliphatic carbocycles. The first kappa shape index (κ1) is 14.1. The van der Waals surface area contributed by atoms with Crippen molar-refractivity contribution in [1.29, 1.82) is 0 Å². The molecule has 0 radical (unpaired) electrons. The van der Waals surface area contributed by atoms with Gasteiger partial charge in [0.05, 0.1) is 17.9 Å². The van der Waals surface area contributed by atoms with Crippen LogP contribution in [0.25, 0.3) is 0 Å². The van der Waals surface area contributed by atoms with Crippen LogP contribution in [0.15, 0.2) is 35.9 Å². The zero-order valence-electron chi connectivity index (χ0n) is 11.8. The minimum atomic E-state index is -0.908. The van der Waals surface area contributed by atoms with Crippen molar-refractivity contribution < 1.29 is 14.7 Å². The molecule has 21 heavy (non-hydrogen) atoms. The number of aliphatic carboxylic acids is 1. The van der Waals surface area contributed by atoms with E-state index >= 15 is 0 Å². The Hall–Kier alpha value is -1.81. The van der Waals surface area contributed by atoms with E-state index < -0.39 is 23.8 Å². The Morgan fingerprint density at radius 3 is 2.48 bits per heavy atom. The third-order valence-electron chi connectivity index (χ3n) is 4.48. The molecule has 1 saturated heterocycles. The van der Waals surface area contributed by atoms with E-state index in [4.69, 9.17) is 11.6 Å². The molecule has 1 aromatic carbocycles. The SMILES string of the molecule is CC1=CC(C)C2C(=O)N(c3ccc(Cl)cc3)C1C2C(=O)O. The van der Waals surface area contributed by atoms with Gasteiger partial charge in [-0.3, -0.25) is 9.59 Å². The molecule has 1 fully saturated rings. The largest absolute Gasteiger partial charge is 0.481 e. The van der Waals surface area contributed by atoms with Crippen molar-refractivity contribution in [2.75, 3.05) is 4.90 Å². The Labute approximate surface area is 128 Å². The number of amides is 1. The number of hydrogen-bond donors (Lipinski definition) is 1. The molecule has 5 heteroatoms. The predicted octanol–water partition coefficient (Wildman–Crippen LogP) is 2.97. The molecule has 0 spiro atoms. The summed E-state index contributed by atoms with van der Waals surface area (Å²) in [5.74, 6) is -2.27. The van der Waals surface area contributed by atoms with Crippen molar-refractivity contribution in [3.8, 4) is 0 Å². The molecule has 110 valence electrons. The van der Waals surface area contributed by atoms with Crippen LogP contribution >= 0.6 is 11.6 Å². The molecular formula is C16H16ClNO3. The lowest BCUT2D eigenvalue weighted by molar-refractivity contribution is -0.145. The minimum Gasteiger partial charge on any atom is -0.481 e. The van der Waals surface area contributed by atoms with E-state index in [1.165, 1.54) is 0 Å². The Morgan fingerprint density at radius 1 is 1.29 bits per heavy atom. The summed E-state index contributed by atoms with van der Waals surface area (Å²) in [5, 5.41) is 10.1. The molecule has 3 rings (SSSR count). The zero-order valence-corrected chi connectivity index (χ0v) is 12.5. The van der Waals surface area contributed by atoms with Crippen LogP contribution in [-0.2, 0) is 9.59 Å². The number of rotatable bonds is 2. The first-order valence-corrected chi connectivity index (χ1v) is 7.29. The molecule has 4 unspecified atom stereocenters. The van der Waals surface area contributed by atoms with Crippen molar-refractivity contribution in [2.45, 2.75) is 19.9 Å². The molecule has 2 aliphatic rings. The second-order valence-electron chi connectivity index (χ2n) is 5.79. The highest BCUT2D eigenvalue weighted by molar-refractivity contribution is 6.30. The standard InChI is InChI=1S/C16H16ClNO3/c1-8-7-9(2)14-13(16(20)21)12(8)15(19)18(14)11-5-3-10(17)4-6-11/h3-8,12-14H,1-2H3,(H,20,21). The fraction of sp³-hybridized carbons (Fsp3) is 0.375. The number of fused-ring (bicyclic) bond motifs is 2. The van der Waals surface area contributed by atoms with E-state index in [0.29, 0.717) is 10.7 Å². The number of nitrogens with zero attached hydrogens (tertiary/aromatic N) is 1. The minimum absolute atomic E-state index is 0.0628. The molecular weight excluding hydrogens is 290 g/mol. The van der Waals surface area contributed by atoms with E-state index in [2.05, 4.69) is 0 Å². The Balaban J connectivity index is 2.11. The maximum absolute atomic E-state index is 12.7. The summed E-state index contributed by atoms with van der Waals surface area (Å²) in [6, 6.07) is 6.54. The summed E-state index contributed by atoms with van der Waals surface area (Å²) >= 11 is 5.89. The average Bonchev–Trinajstić information content (AvgIpc) is 2.68. The van der Waals surface area contributed by atoms with Gasteiger partial charge in [0.25, 0.3) is 0 Å². The fourth-order valence-electron chi connectivity index (χ4n) is 3.64. The quantitative estimate of drug-likeness (QED) is 0.855. The van der Waals surface area contributed by atoms with Crippen LogP contribution in [0.4, 0.5) is 5.69 Å². The molecule has 1 N–H and O–H groups in total. The second kappa shape index (κ2) is 4.88. The Bertz CT molecular complexity index is 637. The van der Waals surface area contributed by atoms with Crippen LogP contribution in [0.1, 0.15) is 13.8 Å². The van der Waals surface area contributed by atoms with Crippen LogP contribution in [-0.4, -0.2) is 23.0 Å². The van der Waals surface area contributed by atoms with Gasteiger partial charge in [-0.15, -0.1) is 0 Å². The third-order valence-corrected chi connectivity index (χ3v) is 4.73. The number of carboxylic acids is 1. The highest BCUT2D eigenvalue weighted by Crippen LogP contribution is 2.46. The van der Waals surface area contributed by atoms with Crippen molar-refractivity contribution in [1.82, 2.24) is 0 Å². The number of halogens is 1. The van der Waals surface area contributed by atoms with Crippen LogP contribution in [0, 0.1) is 17.8 Å². The summed E-state index contributed by atoms with van der Waals surface area (Å²) in [4.78, 5) is 26.0. The number of carbonyl (C=O) groups excluding carboxylic acids is 1. The highest BCUT2D eigenvalue weighted by atomic mass is 35.5. The average molecular weight is 306 g/mol. The van der Waals surface area contributed by atoms with Gasteiger partial charge < -0.3 is 10.0 Å². The smallest absolute Gasteiger partial charge is 0.309 e. The van der Waals surface area contributed by atoms with Gasteiger partial charge in [-0.25, -0.2) is 0 Å². The lowest BCUT2D eigenvalue weighted by Crippen LogP contribution is -2.39. The first-order chi connectivity index (χ1) is 9.91. The number of benzene rings is 1. The molecule has 1 heterocycles. The maximum atomic E-state index is 12.7. The third kappa shape index (κ3) is 2.05. The van der Waals surface area contributed by atoms with Gasteiger partial charge in [0, 0.05) is 10.7 Å². The van der Waals surface area contributed by atoms with Gasteiger partial charge in [-0.2, -0.15) is 0 Å². The number of carboxylic acid groups (broad SMARTS) is 1. The number of anilines is 1. The monoisotopic (exact) mass is 305 g/mol. The zero-order chi connectivity index (χ0) is 15.3. The van der Waals surface area contributed by atoms with Crippen LogP contribution in [0.3, 0.4) is 0 Å². The van der Waals surface area contributed by atoms with Gasteiger partial charge in [0.1, 0.15) is 0 Å². The fourth-order valence-corrected chi connectivity index (χ4v) is 3.77. The highest BCUT2D eigenvalue weighted by Gasteiger charge is 2.56. The molecule has 0 aromatic heterocycles. The molecule has 0 saturated carbocycles. The van der Waals surface area contributed by atoms with Gasteiger partial charge in [0.2, 0.25) is 5.91 Å². The van der Waals surface area contributed by atoms with Gasteiger partial charge in [0.15, 0.2) is 0 Å². The van der Waals surface area contributed by atoms with Gasteiger partial charge >= 0.3 is 5.97 Å². The first-order valence-electron chi connectivity index (χ1n) is 6.91. The van der Waals surface area contributed by atoms with Crippen LogP contribution < -0.4 is 4.90 Å². The van der Waals surface area contributed by atoms with Crippen molar-refractivity contribution >= 4 is 29.2 Å². The summed E-state index contributed by atoms with van der Waals surface area (Å²) in [6.07, 6.45) is 2.02. The molecule has 1 aliphatic heterocycles. The molecule has 4 nitrogen and oxygen atoms in total. The van der Waals surface area contributed by atoms with Gasteiger partial charge in [-0.05, 0) is 37.1 Å². The molecule has 2 bridgehead atoms. The van der Waals surface area contributed by atoms with Crippen molar-refractivity contribution in [3.05, 3.63) is 40.9 Å². The molecule has 1 amide bonds. The predicted molar refractivity (Wildman–Crippen MR) is 80.3 cm³/mol. The van der Waals surface area contributed by atoms with Gasteiger partial charge in [-0.1, -0.05) is 30.2 Å². The number of hydrogen-bond acceptors (Lipinski definition) is 2. The molecule has 1 aromatic rings. The Kier molecular flexibility index (Phi) is 3.29. The van der Waals surface area contributed by atoms with E-state index in [9.17, 15) is 14.7 Å². The lowest BCUT2D eigenvalue weighted by Gasteiger charge is -2.30. The maximum Gasteiger partial charge on any atom is 0.309 e. The van der Waals surface area contributed by atoms with E-state index in [-0.39, 0.29) is 11.8 Å². The Morgan fingerprint density at radius 2 is 1.90 bits per heavy atom. The summed E-state index contributed by atoms with van der Waals surface area (Å²) < 4.78 is 0. The van der Waals surface area contributed by atoms with E-state index in [1.807, 2.05) is 19.9 Å². The van der Waals surface area contributed by atoms with Crippen molar-refractivity contribution in [2.24, 2.45) is 17.8 Å². The normalized spacial score (nSPS) is 31.3. The van der Waals surface area contributed by atoms with Crippen LogP contribution in [0.5, 0.6) is 0 Å². The van der Waals surface area contributed by atoms with Crippen molar-refractivity contribution in [3.63, 3.8) is 0 Å². The van der Waals surface area contributed by atoms with E-state index in [1.54, 1.807) is 29.2 Å². The van der Waals surface area contributed by atoms with Crippen LogP contribution in [0.2, 0.25) is 5.02 Å². The molecule has 4 atom stereocenters. The van der Waals surface area contributed by atoms with E-state index in [0.717, 1.165) is 5.57 Å². The summed E-state index contributed by atoms with van der Waals surface area (Å²) in [5.41, 5.74) is 1.64. The summed E-state index contributed by atoms with van der Waals surface area (Å²) in [6.45, 7) is 3.80.